The molecule has 0 radical (unpaired) electrons. The number of anilines is 1. The molecular formula is C28H30ClN3O5S. The lowest BCUT2D eigenvalue weighted by molar-refractivity contribution is -0.116. The standard InChI is InChI=1S/C28H30ClN3O5S/c1-37-25-15-14-21(18-26(25)38(35,36)32-16-8-3-9-17-32)30-27(33)19-24(20-10-4-2-5-11-20)31-28(34)22-12-6-7-13-23(22)29/h2,4-7,10-15,18,24H,3,8-9,16-17,19H2,1H3,(H,30,33)(H,31,34). The van der Waals surface area contributed by atoms with Gasteiger partial charge in [0.05, 0.1) is 30.2 Å². The first-order valence-electron chi connectivity index (χ1n) is 12.4. The number of halogens is 1. The van der Waals surface area contributed by atoms with E-state index in [4.69, 9.17) is 16.3 Å². The molecule has 10 heteroatoms. The summed E-state index contributed by atoms with van der Waals surface area (Å²) in [6.45, 7) is 0.901. The molecule has 4 rings (SSSR count). The summed E-state index contributed by atoms with van der Waals surface area (Å²) in [7, 11) is -2.38. The summed E-state index contributed by atoms with van der Waals surface area (Å²) in [6.07, 6.45) is 2.52. The summed E-state index contributed by atoms with van der Waals surface area (Å²) >= 11 is 6.19. The molecule has 1 unspecified atom stereocenters. The average molecular weight is 556 g/mol. The molecule has 2 N–H and O–H groups in total. The molecule has 38 heavy (non-hydrogen) atoms. The zero-order chi connectivity index (χ0) is 27.1. The van der Waals surface area contributed by atoms with Crippen LogP contribution in [0.4, 0.5) is 5.69 Å². The number of hydrogen-bond donors (Lipinski definition) is 2. The van der Waals surface area contributed by atoms with Gasteiger partial charge in [0.1, 0.15) is 10.6 Å². The number of rotatable bonds is 9. The number of hydrogen-bond acceptors (Lipinski definition) is 5. The molecule has 1 aliphatic rings. The zero-order valence-corrected chi connectivity index (χ0v) is 22.6. The smallest absolute Gasteiger partial charge is 0.253 e. The minimum Gasteiger partial charge on any atom is -0.495 e. The number of methoxy groups -OCH3 is 1. The molecule has 1 heterocycles. The lowest BCUT2D eigenvalue weighted by Crippen LogP contribution is -2.35. The number of nitrogens with zero attached hydrogens (tertiary/aromatic N) is 1. The molecular weight excluding hydrogens is 526 g/mol. The monoisotopic (exact) mass is 555 g/mol. The van der Waals surface area contributed by atoms with Gasteiger partial charge in [-0.05, 0) is 48.7 Å². The Labute approximate surface area is 228 Å². The van der Waals surface area contributed by atoms with Gasteiger partial charge in [-0.3, -0.25) is 9.59 Å². The van der Waals surface area contributed by atoms with E-state index in [9.17, 15) is 18.0 Å². The fraction of sp³-hybridized carbons (Fsp3) is 0.286. The number of nitrogens with one attached hydrogen (secondary N) is 2. The molecule has 0 aliphatic carbocycles. The first kappa shape index (κ1) is 27.6. The Morgan fingerprint density at radius 1 is 0.974 bits per heavy atom. The van der Waals surface area contributed by atoms with Crippen molar-refractivity contribution in [1.82, 2.24) is 9.62 Å². The number of carbonyl (C=O) groups is 2. The van der Waals surface area contributed by atoms with Crippen molar-refractivity contribution in [2.75, 3.05) is 25.5 Å². The summed E-state index contributed by atoms with van der Waals surface area (Å²) in [5, 5.41) is 5.98. The Morgan fingerprint density at radius 3 is 2.34 bits per heavy atom. The summed E-state index contributed by atoms with van der Waals surface area (Å²) in [6, 6.07) is 19.7. The summed E-state index contributed by atoms with van der Waals surface area (Å²) < 4.78 is 33.4. The number of ether oxygens (including phenoxy) is 1. The Kier molecular flexibility index (Phi) is 9.04. The summed E-state index contributed by atoms with van der Waals surface area (Å²) in [5.74, 6) is -0.593. The van der Waals surface area contributed by atoms with Crippen LogP contribution in [0.25, 0.3) is 0 Å². The van der Waals surface area contributed by atoms with Crippen molar-refractivity contribution >= 4 is 39.1 Å². The fourth-order valence-corrected chi connectivity index (χ4v) is 6.34. The van der Waals surface area contributed by atoms with Crippen molar-refractivity contribution in [2.24, 2.45) is 0 Å². The molecule has 0 aromatic heterocycles. The van der Waals surface area contributed by atoms with Crippen LogP contribution in [0.1, 0.15) is 47.6 Å². The van der Waals surface area contributed by atoms with Gasteiger partial charge in [0.2, 0.25) is 15.9 Å². The van der Waals surface area contributed by atoms with Gasteiger partial charge in [-0.15, -0.1) is 0 Å². The Hall–Kier alpha value is -3.40. The lowest BCUT2D eigenvalue weighted by Gasteiger charge is -2.26. The van der Waals surface area contributed by atoms with E-state index in [1.165, 1.54) is 23.5 Å². The maximum absolute atomic E-state index is 13.3. The Balaban J connectivity index is 1.54. The van der Waals surface area contributed by atoms with Crippen LogP contribution in [0.2, 0.25) is 5.02 Å². The predicted molar refractivity (Wildman–Crippen MR) is 147 cm³/mol. The van der Waals surface area contributed by atoms with E-state index in [2.05, 4.69) is 10.6 Å². The van der Waals surface area contributed by atoms with Crippen molar-refractivity contribution in [2.45, 2.75) is 36.6 Å². The first-order valence-corrected chi connectivity index (χ1v) is 14.2. The molecule has 3 aromatic carbocycles. The highest BCUT2D eigenvalue weighted by Gasteiger charge is 2.29. The molecule has 0 bridgehead atoms. The van der Waals surface area contributed by atoms with Crippen molar-refractivity contribution in [3.05, 3.63) is 88.9 Å². The van der Waals surface area contributed by atoms with Crippen LogP contribution in [0.3, 0.4) is 0 Å². The maximum atomic E-state index is 13.3. The highest BCUT2D eigenvalue weighted by atomic mass is 35.5. The van der Waals surface area contributed by atoms with Gasteiger partial charge >= 0.3 is 0 Å². The predicted octanol–water partition coefficient (Wildman–Crippen LogP) is 5.02. The van der Waals surface area contributed by atoms with E-state index < -0.39 is 27.9 Å². The number of piperidine rings is 1. The average Bonchev–Trinajstić information content (AvgIpc) is 2.93. The van der Waals surface area contributed by atoms with Crippen LogP contribution >= 0.6 is 11.6 Å². The summed E-state index contributed by atoms with van der Waals surface area (Å²) in [4.78, 5) is 26.1. The van der Waals surface area contributed by atoms with Crippen LogP contribution in [-0.4, -0.2) is 44.7 Å². The molecule has 1 saturated heterocycles. The van der Waals surface area contributed by atoms with Gasteiger partial charge in [0.15, 0.2) is 0 Å². The molecule has 8 nitrogen and oxygen atoms in total. The van der Waals surface area contributed by atoms with Crippen LogP contribution in [0.5, 0.6) is 5.75 Å². The lowest BCUT2D eigenvalue weighted by atomic mass is 10.0. The molecule has 2 amide bonds. The number of amides is 2. The maximum Gasteiger partial charge on any atom is 0.253 e. The van der Waals surface area contributed by atoms with E-state index >= 15 is 0 Å². The molecule has 1 aliphatic heterocycles. The number of benzene rings is 3. The molecule has 0 spiro atoms. The zero-order valence-electron chi connectivity index (χ0n) is 21.0. The van der Waals surface area contributed by atoms with Crippen LogP contribution in [0, 0.1) is 0 Å². The van der Waals surface area contributed by atoms with Crippen molar-refractivity contribution < 1.29 is 22.7 Å². The molecule has 1 atom stereocenters. The van der Waals surface area contributed by atoms with Gasteiger partial charge in [0, 0.05) is 18.8 Å². The number of carbonyl (C=O) groups excluding carboxylic acids is 2. The highest BCUT2D eigenvalue weighted by molar-refractivity contribution is 7.89. The Morgan fingerprint density at radius 2 is 1.66 bits per heavy atom. The van der Waals surface area contributed by atoms with Crippen molar-refractivity contribution in [1.29, 1.82) is 0 Å². The second-order valence-electron chi connectivity index (χ2n) is 9.00. The highest BCUT2D eigenvalue weighted by Crippen LogP contribution is 2.31. The van der Waals surface area contributed by atoms with Gasteiger partial charge < -0.3 is 15.4 Å². The molecule has 200 valence electrons. The van der Waals surface area contributed by atoms with E-state index in [1.54, 1.807) is 30.3 Å². The van der Waals surface area contributed by atoms with Crippen LogP contribution in [0.15, 0.2) is 77.7 Å². The second-order valence-corrected chi connectivity index (χ2v) is 11.3. The third kappa shape index (κ3) is 6.53. The minimum atomic E-state index is -3.79. The van der Waals surface area contributed by atoms with Gasteiger partial charge in [-0.25, -0.2) is 8.42 Å². The summed E-state index contributed by atoms with van der Waals surface area (Å²) in [5.41, 5.74) is 1.36. The topological polar surface area (TPSA) is 105 Å². The molecule has 1 fully saturated rings. The van der Waals surface area contributed by atoms with Crippen LogP contribution in [-0.2, 0) is 14.8 Å². The van der Waals surface area contributed by atoms with Gasteiger partial charge in [0.25, 0.3) is 5.91 Å². The van der Waals surface area contributed by atoms with Crippen molar-refractivity contribution in [3.8, 4) is 5.75 Å². The third-order valence-electron chi connectivity index (χ3n) is 6.40. The normalized spacial score (nSPS) is 14.9. The van der Waals surface area contributed by atoms with E-state index in [1.807, 2.05) is 30.3 Å². The first-order chi connectivity index (χ1) is 18.3. The SMILES string of the molecule is COc1ccc(NC(=O)CC(NC(=O)c2ccccc2Cl)c2ccccc2)cc1S(=O)(=O)N1CCCCC1. The second kappa shape index (κ2) is 12.4. The van der Waals surface area contributed by atoms with Gasteiger partial charge in [-0.2, -0.15) is 4.31 Å². The number of sulfonamides is 1. The molecule has 3 aromatic rings. The fourth-order valence-electron chi connectivity index (χ4n) is 4.42. The third-order valence-corrected chi connectivity index (χ3v) is 8.64. The van der Waals surface area contributed by atoms with E-state index in [0.717, 1.165) is 24.8 Å². The van der Waals surface area contributed by atoms with Crippen LogP contribution < -0.4 is 15.4 Å². The largest absolute Gasteiger partial charge is 0.495 e. The van der Waals surface area contributed by atoms with Crippen molar-refractivity contribution in [3.63, 3.8) is 0 Å². The van der Waals surface area contributed by atoms with E-state index in [-0.39, 0.29) is 17.1 Å². The van der Waals surface area contributed by atoms with Gasteiger partial charge in [-0.1, -0.05) is 60.5 Å². The quantitative estimate of drug-likeness (QED) is 0.385. The Bertz CT molecular complexity index is 1390. The minimum absolute atomic E-state index is 0.00586. The molecule has 0 saturated carbocycles. The van der Waals surface area contributed by atoms with E-state index in [0.29, 0.717) is 29.4 Å².